The molecule has 2 heterocycles. The van der Waals surface area contributed by atoms with E-state index in [4.69, 9.17) is 4.43 Å². The Bertz CT molecular complexity index is 845. The van der Waals surface area contributed by atoms with E-state index in [1.807, 2.05) is 13.1 Å². The van der Waals surface area contributed by atoms with Gasteiger partial charge in [-0.2, -0.15) is 18.3 Å². The Morgan fingerprint density at radius 3 is 2.45 bits per heavy atom. The van der Waals surface area contributed by atoms with Crippen LogP contribution in [0.15, 0.2) is 24.8 Å². The zero-order chi connectivity index (χ0) is 22.0. The van der Waals surface area contributed by atoms with Gasteiger partial charge in [-0.25, -0.2) is 9.97 Å². The van der Waals surface area contributed by atoms with Gasteiger partial charge in [0.05, 0.1) is 36.5 Å². The Kier molecular flexibility index (Phi) is 6.68. The summed E-state index contributed by atoms with van der Waals surface area (Å²) in [6.45, 7) is 11.9. The topological polar surface area (TPSA) is 69.9 Å². The van der Waals surface area contributed by atoms with Crippen LogP contribution in [0.4, 0.5) is 13.2 Å². The zero-order valence-corrected chi connectivity index (χ0v) is 18.5. The maximum absolute atomic E-state index is 13.7. The summed E-state index contributed by atoms with van der Waals surface area (Å²) >= 11 is 0. The number of halogens is 3. The second-order valence-electron chi connectivity index (χ2n) is 8.58. The Hall–Kier alpha value is -2.07. The van der Waals surface area contributed by atoms with Gasteiger partial charge in [0.25, 0.3) is 0 Å². The fourth-order valence-electron chi connectivity index (χ4n) is 2.67. The molecule has 160 valence electrons. The number of nitrogens with zero attached hydrogens (tertiary/aromatic N) is 4. The second-order valence-corrected chi connectivity index (χ2v) is 13.3. The fourth-order valence-corrected chi connectivity index (χ4v) is 4.10. The molecule has 2 rings (SSSR count). The first-order chi connectivity index (χ1) is 13.2. The highest BCUT2D eigenvalue weighted by Gasteiger charge is 2.42. The lowest BCUT2D eigenvalue weighted by Gasteiger charge is -2.38. The normalized spacial score (nSPS) is 14.1. The van der Waals surface area contributed by atoms with Crippen LogP contribution in [0.2, 0.25) is 18.1 Å². The number of carbonyl (C=O) groups excluding carboxylic acids is 1. The van der Waals surface area contributed by atoms with E-state index in [0.29, 0.717) is 5.69 Å². The third-order valence-corrected chi connectivity index (χ3v) is 9.73. The minimum absolute atomic E-state index is 0.0725. The van der Waals surface area contributed by atoms with Crippen molar-refractivity contribution in [2.75, 3.05) is 0 Å². The average molecular weight is 429 g/mol. The van der Waals surface area contributed by atoms with Gasteiger partial charge in [-0.05, 0) is 31.1 Å². The highest BCUT2D eigenvalue weighted by atomic mass is 28.4. The summed E-state index contributed by atoms with van der Waals surface area (Å²) in [7, 11) is -2.15. The maximum atomic E-state index is 13.7. The summed E-state index contributed by atoms with van der Waals surface area (Å²) in [5.74, 6) is -0.694. The summed E-state index contributed by atoms with van der Waals surface area (Å²) in [6, 6.07) is 1.49. The minimum Gasteiger partial charge on any atom is -0.412 e. The smallest absolute Gasteiger partial charge is 0.412 e. The van der Waals surface area contributed by atoms with E-state index in [2.05, 4.69) is 35.8 Å². The quantitative estimate of drug-likeness (QED) is 0.479. The van der Waals surface area contributed by atoms with Crippen molar-refractivity contribution in [3.05, 3.63) is 41.7 Å². The lowest BCUT2D eigenvalue weighted by atomic mass is 10.1. The number of rotatable bonds is 7. The van der Waals surface area contributed by atoms with Gasteiger partial charge in [0.2, 0.25) is 0 Å². The van der Waals surface area contributed by atoms with Gasteiger partial charge >= 0.3 is 6.18 Å². The predicted octanol–water partition coefficient (Wildman–Crippen LogP) is 4.53. The van der Waals surface area contributed by atoms with Gasteiger partial charge < -0.3 is 4.43 Å². The van der Waals surface area contributed by atoms with Crippen LogP contribution in [0.5, 0.6) is 0 Å². The van der Waals surface area contributed by atoms with Crippen LogP contribution in [0.3, 0.4) is 0 Å². The first-order valence-corrected chi connectivity index (χ1v) is 12.2. The Balaban J connectivity index is 2.26. The molecule has 0 saturated heterocycles. The predicted molar refractivity (Wildman–Crippen MR) is 105 cm³/mol. The van der Waals surface area contributed by atoms with Crippen molar-refractivity contribution in [3.63, 3.8) is 0 Å². The molecule has 0 bridgehead atoms. The summed E-state index contributed by atoms with van der Waals surface area (Å²) in [6.07, 6.45) is -1.80. The van der Waals surface area contributed by atoms with E-state index in [1.165, 1.54) is 18.6 Å². The van der Waals surface area contributed by atoms with Crippen molar-refractivity contribution in [3.8, 4) is 0 Å². The molecule has 0 amide bonds. The molecule has 1 unspecified atom stereocenters. The summed E-state index contributed by atoms with van der Waals surface area (Å²) < 4.78 is 48.2. The van der Waals surface area contributed by atoms with Crippen LogP contribution < -0.4 is 0 Å². The zero-order valence-electron chi connectivity index (χ0n) is 17.5. The van der Waals surface area contributed by atoms with Crippen LogP contribution in [-0.4, -0.2) is 40.0 Å². The van der Waals surface area contributed by atoms with E-state index in [-0.39, 0.29) is 18.0 Å². The third-order valence-electron chi connectivity index (χ3n) is 5.13. The van der Waals surface area contributed by atoms with Crippen molar-refractivity contribution in [2.45, 2.75) is 71.1 Å². The van der Waals surface area contributed by atoms with Gasteiger partial charge in [0.15, 0.2) is 19.8 Å². The maximum Gasteiger partial charge on any atom is 0.433 e. The van der Waals surface area contributed by atoms with E-state index in [1.54, 1.807) is 6.92 Å². The molecule has 0 fully saturated rings. The number of hydrogen-bond acceptors (Lipinski definition) is 5. The molecule has 6 nitrogen and oxygen atoms in total. The second kappa shape index (κ2) is 8.35. The average Bonchev–Trinajstić information content (AvgIpc) is 2.98. The van der Waals surface area contributed by atoms with Crippen LogP contribution in [0.1, 0.15) is 49.4 Å². The van der Waals surface area contributed by atoms with Gasteiger partial charge in [0.1, 0.15) is 6.33 Å². The standard InChI is InChI=1S/C19H27F3N4O2Si/c1-13(28-29(5,6)18(2,3)4)11-26-17(19(20,21)22)15(10-25-26)16(27)9-14-7-8-23-12-24-14/h7-8,10,12-13H,9,11H2,1-6H3. The van der Waals surface area contributed by atoms with Crippen LogP contribution in [0.25, 0.3) is 0 Å². The van der Waals surface area contributed by atoms with E-state index >= 15 is 0 Å². The number of aromatic nitrogens is 4. The number of alkyl halides is 3. The number of hydrogen-bond donors (Lipinski definition) is 0. The largest absolute Gasteiger partial charge is 0.433 e. The van der Waals surface area contributed by atoms with Gasteiger partial charge in [0, 0.05) is 6.20 Å². The monoisotopic (exact) mass is 428 g/mol. The van der Waals surface area contributed by atoms with Crippen molar-refractivity contribution >= 4 is 14.1 Å². The summed E-state index contributed by atoms with van der Waals surface area (Å²) in [4.78, 5) is 20.1. The molecule has 2 aromatic heterocycles. The minimum atomic E-state index is -4.72. The molecule has 10 heteroatoms. The highest BCUT2D eigenvalue weighted by molar-refractivity contribution is 6.74. The molecule has 2 aromatic rings. The summed E-state index contributed by atoms with van der Waals surface area (Å²) in [5.41, 5.74) is -1.17. The first kappa shape index (κ1) is 23.2. The van der Waals surface area contributed by atoms with E-state index in [0.717, 1.165) is 10.9 Å². The number of ketones is 1. The highest BCUT2D eigenvalue weighted by Crippen LogP contribution is 2.38. The van der Waals surface area contributed by atoms with Gasteiger partial charge in [-0.3, -0.25) is 9.48 Å². The van der Waals surface area contributed by atoms with Crippen LogP contribution in [-0.2, 0) is 23.6 Å². The molecular formula is C19H27F3N4O2Si. The Morgan fingerprint density at radius 2 is 1.93 bits per heavy atom. The van der Waals surface area contributed by atoms with Crippen LogP contribution in [0, 0.1) is 0 Å². The van der Waals surface area contributed by atoms with Crippen LogP contribution >= 0.6 is 0 Å². The molecule has 0 aliphatic heterocycles. The number of Topliss-reactive ketones (excluding diaryl/α,β-unsaturated/α-hetero) is 1. The Labute approximate surface area is 169 Å². The molecule has 0 aliphatic rings. The lowest BCUT2D eigenvalue weighted by molar-refractivity contribution is -0.145. The molecule has 0 spiro atoms. The van der Waals surface area contributed by atoms with Crippen molar-refractivity contribution in [2.24, 2.45) is 0 Å². The molecule has 0 aliphatic carbocycles. The first-order valence-electron chi connectivity index (χ1n) is 9.31. The van der Waals surface area contributed by atoms with Crippen molar-refractivity contribution in [1.29, 1.82) is 0 Å². The lowest BCUT2D eigenvalue weighted by Crippen LogP contribution is -2.44. The molecule has 29 heavy (non-hydrogen) atoms. The Morgan fingerprint density at radius 1 is 1.28 bits per heavy atom. The molecule has 1 atom stereocenters. The molecular weight excluding hydrogens is 401 g/mol. The fraction of sp³-hybridized carbons (Fsp3) is 0.579. The SMILES string of the molecule is CC(Cn1ncc(C(=O)Cc2ccncn2)c1C(F)(F)F)O[Si](C)(C)C(C)(C)C. The van der Waals surface area contributed by atoms with E-state index in [9.17, 15) is 18.0 Å². The molecule has 0 radical (unpaired) electrons. The molecule has 0 saturated carbocycles. The molecule has 0 aromatic carbocycles. The molecule has 0 N–H and O–H groups in total. The summed E-state index contributed by atoms with van der Waals surface area (Å²) in [5, 5.41) is 3.78. The van der Waals surface area contributed by atoms with Gasteiger partial charge in [-0.1, -0.05) is 20.8 Å². The third kappa shape index (κ3) is 5.72. The number of carbonyl (C=O) groups is 1. The van der Waals surface area contributed by atoms with Crippen molar-refractivity contribution < 1.29 is 22.4 Å². The van der Waals surface area contributed by atoms with E-state index < -0.39 is 37.6 Å². The van der Waals surface area contributed by atoms with Gasteiger partial charge in [-0.15, -0.1) is 0 Å². The van der Waals surface area contributed by atoms with Crippen molar-refractivity contribution in [1.82, 2.24) is 19.7 Å².